The van der Waals surface area contributed by atoms with Gasteiger partial charge in [0.05, 0.1) is 11.3 Å². The Kier molecular flexibility index (Phi) is 7.96. The summed E-state index contributed by atoms with van der Waals surface area (Å²) in [6, 6.07) is 0.690. The highest BCUT2D eigenvalue weighted by Gasteiger charge is 2.28. The second-order valence-electron chi connectivity index (χ2n) is 6.34. The second-order valence-corrected chi connectivity index (χ2v) is 7.34. The zero-order valence-electron chi connectivity index (χ0n) is 13.2. The van der Waals surface area contributed by atoms with E-state index in [0.29, 0.717) is 23.0 Å². The lowest BCUT2D eigenvalue weighted by molar-refractivity contribution is -0.134. The number of aliphatic imine (C=N–C) groups is 1. The lowest BCUT2D eigenvalue weighted by atomic mass is 9.98. The first-order valence-electron chi connectivity index (χ1n) is 7.00. The Labute approximate surface area is 133 Å². The fraction of sp³-hybridized carbons (Fsp3) is 0.857. The lowest BCUT2D eigenvalue weighted by Crippen LogP contribution is -2.48. The lowest BCUT2D eigenvalue weighted by Gasteiger charge is -2.39. The van der Waals surface area contributed by atoms with Crippen LogP contribution in [0.4, 0.5) is 0 Å². The highest BCUT2D eigenvalue weighted by Crippen LogP contribution is 2.23. The minimum Gasteiger partial charge on any atom is -0.379 e. The Balaban J connectivity index is 0.00000361. The van der Waals surface area contributed by atoms with Gasteiger partial charge in [0, 0.05) is 12.1 Å². The van der Waals surface area contributed by atoms with Crippen LogP contribution < -0.4 is 5.73 Å². The third-order valence-corrected chi connectivity index (χ3v) is 4.05. The molecule has 1 aliphatic heterocycles. The van der Waals surface area contributed by atoms with E-state index in [1.165, 1.54) is 18.2 Å². The number of thioether (sulfide) groups is 1. The number of halogens is 1. The second kappa shape index (κ2) is 8.13. The molecule has 1 fully saturated rings. The first-order valence-corrected chi connectivity index (χ1v) is 7.98. The topological polar surface area (TPSA) is 58.7 Å². The number of piperidine rings is 1. The third kappa shape index (κ3) is 6.35. The van der Waals surface area contributed by atoms with E-state index in [0.717, 1.165) is 12.8 Å². The van der Waals surface area contributed by atoms with Gasteiger partial charge in [0.2, 0.25) is 5.91 Å². The molecule has 118 valence electrons. The van der Waals surface area contributed by atoms with Gasteiger partial charge in [-0.3, -0.25) is 9.79 Å². The summed E-state index contributed by atoms with van der Waals surface area (Å²) in [5, 5.41) is 0.498. The Hall–Kier alpha value is -0.420. The van der Waals surface area contributed by atoms with E-state index in [1.54, 1.807) is 0 Å². The maximum atomic E-state index is 12.3. The minimum absolute atomic E-state index is 0. The molecule has 1 saturated heterocycles. The van der Waals surface area contributed by atoms with Crippen molar-refractivity contribution in [3.63, 3.8) is 0 Å². The van der Waals surface area contributed by atoms with Crippen molar-refractivity contribution >= 4 is 35.2 Å². The number of amidine groups is 1. The third-order valence-electron chi connectivity index (χ3n) is 3.27. The highest BCUT2D eigenvalue weighted by atomic mass is 35.5. The van der Waals surface area contributed by atoms with Crippen LogP contribution in [0.3, 0.4) is 0 Å². The number of nitrogens with two attached hydrogens (primary N) is 1. The van der Waals surface area contributed by atoms with Crippen LogP contribution in [-0.2, 0) is 4.79 Å². The van der Waals surface area contributed by atoms with Crippen molar-refractivity contribution in [3.05, 3.63) is 0 Å². The number of likely N-dealkylation sites (tertiary alicyclic amines) is 1. The van der Waals surface area contributed by atoms with Crippen LogP contribution in [0, 0.1) is 0 Å². The van der Waals surface area contributed by atoms with Crippen molar-refractivity contribution in [2.45, 2.75) is 71.5 Å². The largest absolute Gasteiger partial charge is 0.379 e. The summed E-state index contributed by atoms with van der Waals surface area (Å²) in [5.74, 6) is 0.567. The van der Waals surface area contributed by atoms with Gasteiger partial charge >= 0.3 is 0 Å². The molecule has 0 spiro atoms. The number of hydrogen-bond donors (Lipinski definition) is 1. The van der Waals surface area contributed by atoms with Crippen molar-refractivity contribution in [2.75, 3.05) is 5.75 Å². The maximum Gasteiger partial charge on any atom is 0.233 e. The molecular weight excluding hydrogens is 294 g/mol. The Bertz CT molecular complexity index is 345. The van der Waals surface area contributed by atoms with Gasteiger partial charge in [0.15, 0.2) is 5.17 Å². The highest BCUT2D eigenvalue weighted by molar-refractivity contribution is 8.14. The van der Waals surface area contributed by atoms with Gasteiger partial charge in [-0.1, -0.05) is 11.8 Å². The van der Waals surface area contributed by atoms with Crippen molar-refractivity contribution in [1.82, 2.24) is 4.90 Å². The first kappa shape index (κ1) is 19.6. The van der Waals surface area contributed by atoms with Crippen LogP contribution in [0.2, 0.25) is 0 Å². The molecule has 2 N–H and O–H groups in total. The monoisotopic (exact) mass is 321 g/mol. The Morgan fingerprint density at radius 2 is 1.80 bits per heavy atom. The molecule has 2 unspecified atom stereocenters. The standard InChI is InChI=1S/C14H27N3OS.ClH/c1-10-7-6-8-11(2)17(10)12(18)9-19-13(15)16-14(3,4)5;/h10-11H,6-9H2,1-5H3,(H2,15,16);1H. The van der Waals surface area contributed by atoms with Gasteiger partial charge in [-0.15, -0.1) is 12.4 Å². The summed E-state index contributed by atoms with van der Waals surface area (Å²) in [6.45, 7) is 10.3. The van der Waals surface area contributed by atoms with Gasteiger partial charge in [-0.05, 0) is 53.9 Å². The molecule has 4 nitrogen and oxygen atoms in total. The van der Waals surface area contributed by atoms with Crippen LogP contribution in [0.5, 0.6) is 0 Å². The van der Waals surface area contributed by atoms with Crippen molar-refractivity contribution in [1.29, 1.82) is 0 Å². The SMILES string of the molecule is CC1CCCC(C)N1C(=O)CSC(N)=NC(C)(C)C.Cl. The van der Waals surface area contributed by atoms with Crippen molar-refractivity contribution < 1.29 is 4.79 Å². The van der Waals surface area contributed by atoms with Gasteiger partial charge in [-0.2, -0.15) is 0 Å². The Morgan fingerprint density at radius 3 is 2.25 bits per heavy atom. The number of nitrogens with zero attached hydrogens (tertiary/aromatic N) is 2. The smallest absolute Gasteiger partial charge is 0.233 e. The zero-order chi connectivity index (χ0) is 14.6. The Morgan fingerprint density at radius 1 is 1.30 bits per heavy atom. The van der Waals surface area contributed by atoms with Crippen molar-refractivity contribution in [3.8, 4) is 0 Å². The quantitative estimate of drug-likeness (QED) is 0.628. The van der Waals surface area contributed by atoms with E-state index in [4.69, 9.17) is 5.73 Å². The van der Waals surface area contributed by atoms with Gasteiger partial charge in [0.1, 0.15) is 0 Å². The van der Waals surface area contributed by atoms with E-state index in [1.807, 2.05) is 25.7 Å². The van der Waals surface area contributed by atoms with Crippen LogP contribution in [0.25, 0.3) is 0 Å². The fourth-order valence-electron chi connectivity index (χ4n) is 2.49. The van der Waals surface area contributed by atoms with Crippen molar-refractivity contribution in [2.24, 2.45) is 10.7 Å². The van der Waals surface area contributed by atoms with Crippen LogP contribution in [0.15, 0.2) is 4.99 Å². The predicted molar refractivity (Wildman–Crippen MR) is 90.7 cm³/mol. The summed E-state index contributed by atoms with van der Waals surface area (Å²) < 4.78 is 0. The molecule has 0 aromatic rings. The molecular formula is C14H28ClN3OS. The number of rotatable bonds is 2. The molecule has 1 amide bonds. The predicted octanol–water partition coefficient (Wildman–Crippen LogP) is 3.04. The molecule has 0 saturated carbocycles. The summed E-state index contributed by atoms with van der Waals surface area (Å²) in [7, 11) is 0. The molecule has 0 aromatic carbocycles. The van der Waals surface area contributed by atoms with E-state index >= 15 is 0 Å². The minimum atomic E-state index is -0.189. The molecule has 1 aliphatic rings. The van der Waals surface area contributed by atoms with E-state index in [9.17, 15) is 4.79 Å². The molecule has 1 heterocycles. The average Bonchev–Trinajstić information content (AvgIpc) is 2.23. The molecule has 6 heteroatoms. The summed E-state index contributed by atoms with van der Waals surface area (Å²) in [6.07, 6.45) is 3.42. The van der Waals surface area contributed by atoms with Crippen LogP contribution in [-0.4, -0.2) is 39.4 Å². The summed E-state index contributed by atoms with van der Waals surface area (Å²) >= 11 is 1.35. The number of amides is 1. The number of hydrogen-bond acceptors (Lipinski definition) is 3. The number of carbonyl (C=O) groups is 1. The zero-order valence-corrected chi connectivity index (χ0v) is 14.8. The number of carbonyl (C=O) groups excluding carboxylic acids is 1. The maximum absolute atomic E-state index is 12.3. The van der Waals surface area contributed by atoms with E-state index in [2.05, 4.69) is 18.8 Å². The average molecular weight is 322 g/mol. The summed E-state index contributed by atoms with van der Waals surface area (Å²) in [4.78, 5) is 18.6. The molecule has 0 aromatic heterocycles. The molecule has 2 atom stereocenters. The molecule has 0 radical (unpaired) electrons. The molecule has 0 bridgehead atoms. The van der Waals surface area contributed by atoms with Gasteiger partial charge in [-0.25, -0.2) is 0 Å². The van der Waals surface area contributed by atoms with Crippen LogP contribution in [0.1, 0.15) is 53.9 Å². The fourth-order valence-corrected chi connectivity index (χ4v) is 3.24. The molecule has 20 heavy (non-hydrogen) atoms. The van der Waals surface area contributed by atoms with E-state index in [-0.39, 0.29) is 23.9 Å². The molecule has 1 rings (SSSR count). The summed E-state index contributed by atoms with van der Waals surface area (Å²) in [5.41, 5.74) is 5.66. The van der Waals surface area contributed by atoms with Crippen LogP contribution >= 0.6 is 24.2 Å². The molecule has 0 aliphatic carbocycles. The van der Waals surface area contributed by atoms with E-state index < -0.39 is 0 Å². The normalized spacial score (nSPS) is 24.2. The first-order chi connectivity index (χ1) is 8.70. The van der Waals surface area contributed by atoms with Gasteiger partial charge < -0.3 is 10.6 Å². The van der Waals surface area contributed by atoms with Gasteiger partial charge in [0.25, 0.3) is 0 Å².